The fraction of sp³-hybridized carbons (Fsp3) is 0.400. The van der Waals surface area contributed by atoms with Crippen molar-refractivity contribution < 1.29 is 41.1 Å². The van der Waals surface area contributed by atoms with Crippen LogP contribution in [0.3, 0.4) is 0 Å². The number of carbonyl (C=O) groups excluding carboxylic acids is 3. The van der Waals surface area contributed by atoms with Gasteiger partial charge in [0.05, 0.1) is 11.0 Å². The van der Waals surface area contributed by atoms with Gasteiger partial charge in [0.2, 0.25) is 11.7 Å². The highest BCUT2D eigenvalue weighted by molar-refractivity contribution is 6.21. The van der Waals surface area contributed by atoms with Gasteiger partial charge in [0.25, 0.3) is 0 Å². The third kappa shape index (κ3) is 2.94. The Bertz CT molecular complexity index is 1260. The lowest BCUT2D eigenvalue weighted by atomic mass is 9.85. The van der Waals surface area contributed by atoms with Crippen molar-refractivity contribution in [2.75, 3.05) is 0 Å². The number of carbonyl (C=O) groups is 3. The number of para-hydroxylation sites is 1. The average Bonchev–Trinajstić information content (AvgIpc) is 3.45. The zero-order chi connectivity index (χ0) is 25.3. The van der Waals surface area contributed by atoms with Crippen LogP contribution in [0.1, 0.15) is 60.9 Å². The fourth-order valence-electron chi connectivity index (χ4n) is 5.87. The molecular weight excluding hydrogens is 473 g/mol. The molecule has 184 valence electrons. The molecule has 0 spiro atoms. The topological polar surface area (TPSA) is 72.5 Å². The van der Waals surface area contributed by atoms with Crippen molar-refractivity contribution in [1.29, 1.82) is 0 Å². The largest absolute Gasteiger partial charge is 0.425 e. The maximum atomic E-state index is 14.6. The summed E-state index contributed by atoms with van der Waals surface area (Å²) in [6.07, 6.45) is 3.94. The Morgan fingerprint density at radius 2 is 1.49 bits per heavy atom. The van der Waals surface area contributed by atoms with Crippen LogP contribution in [0.25, 0.3) is 0 Å². The molecule has 3 atom stereocenters. The van der Waals surface area contributed by atoms with Crippen molar-refractivity contribution in [3.05, 3.63) is 64.5 Å². The number of ether oxygens (including phenoxy) is 1. The summed E-state index contributed by atoms with van der Waals surface area (Å²) >= 11 is 0. The summed E-state index contributed by atoms with van der Waals surface area (Å²) in [6.45, 7) is 1.13. The first-order valence-electron chi connectivity index (χ1n) is 11.3. The molecule has 35 heavy (non-hydrogen) atoms. The average molecular weight is 493 g/mol. The Morgan fingerprint density at radius 1 is 0.914 bits per heavy atom. The third-order valence-electron chi connectivity index (χ3n) is 7.71. The first-order chi connectivity index (χ1) is 16.6. The normalized spacial score (nSPS) is 27.5. The van der Waals surface area contributed by atoms with Gasteiger partial charge < -0.3 is 10.1 Å². The lowest BCUT2D eigenvalue weighted by molar-refractivity contribution is -0.149. The number of amides is 1. The number of hydrogen-bond donors (Lipinski definition) is 1. The van der Waals surface area contributed by atoms with Crippen molar-refractivity contribution in [2.45, 2.75) is 51.0 Å². The highest BCUT2D eigenvalue weighted by atomic mass is 19.2. The lowest BCUT2D eigenvalue weighted by Gasteiger charge is -2.28. The minimum absolute atomic E-state index is 0.0533. The Balaban J connectivity index is 1.66. The number of ketones is 1. The molecule has 2 saturated carbocycles. The minimum Gasteiger partial charge on any atom is -0.425 e. The number of rotatable bonds is 4. The second kappa shape index (κ2) is 7.86. The van der Waals surface area contributed by atoms with Crippen LogP contribution in [0.5, 0.6) is 5.75 Å². The molecule has 2 aromatic carbocycles. The van der Waals surface area contributed by atoms with Crippen LogP contribution in [0.2, 0.25) is 0 Å². The molecule has 1 aliphatic heterocycles. The lowest BCUT2D eigenvalue weighted by Crippen LogP contribution is -2.49. The number of nitrogens with one attached hydrogen (secondary N) is 1. The van der Waals surface area contributed by atoms with Gasteiger partial charge in [0.15, 0.2) is 34.5 Å². The van der Waals surface area contributed by atoms with Crippen LogP contribution < -0.4 is 10.1 Å². The first-order valence-corrected chi connectivity index (χ1v) is 11.3. The van der Waals surface area contributed by atoms with E-state index in [0.29, 0.717) is 12.8 Å². The molecule has 1 N–H and O–H groups in total. The van der Waals surface area contributed by atoms with Crippen LogP contribution in [-0.4, -0.2) is 23.7 Å². The summed E-state index contributed by atoms with van der Waals surface area (Å²) < 4.78 is 76.1. The third-order valence-corrected chi connectivity index (χ3v) is 7.71. The van der Waals surface area contributed by atoms with Gasteiger partial charge in [-0.2, -0.15) is 0 Å². The van der Waals surface area contributed by atoms with Crippen molar-refractivity contribution in [2.24, 2.45) is 10.8 Å². The maximum absolute atomic E-state index is 14.6. The first kappa shape index (κ1) is 23.4. The predicted molar refractivity (Wildman–Crippen MR) is 111 cm³/mol. The van der Waals surface area contributed by atoms with E-state index in [1.165, 1.54) is 12.1 Å². The Morgan fingerprint density at radius 3 is 2.11 bits per heavy atom. The summed E-state index contributed by atoms with van der Waals surface area (Å²) in [7, 11) is 0. The molecule has 1 heterocycles. The van der Waals surface area contributed by atoms with Gasteiger partial charge in [0, 0.05) is 17.5 Å². The van der Waals surface area contributed by atoms with Crippen molar-refractivity contribution >= 4 is 17.7 Å². The molecule has 5 rings (SSSR count). The highest BCUT2D eigenvalue weighted by Crippen LogP contribution is 2.78. The van der Waals surface area contributed by atoms with Crippen molar-refractivity contribution in [1.82, 2.24) is 5.32 Å². The van der Waals surface area contributed by atoms with Crippen LogP contribution in [0.4, 0.5) is 22.0 Å². The monoisotopic (exact) mass is 493 g/mol. The van der Waals surface area contributed by atoms with E-state index in [9.17, 15) is 36.3 Å². The van der Waals surface area contributed by atoms with E-state index in [4.69, 9.17) is 4.74 Å². The number of Topliss-reactive ketones (excluding diaryl/α,β-unsaturated/α-hetero) is 1. The van der Waals surface area contributed by atoms with Crippen LogP contribution >= 0.6 is 0 Å². The number of fused-ring (bicyclic) bond motifs is 3. The van der Waals surface area contributed by atoms with Crippen molar-refractivity contribution in [3.8, 4) is 5.75 Å². The van der Waals surface area contributed by atoms with E-state index in [1.807, 2.05) is 0 Å². The molecule has 2 fully saturated rings. The van der Waals surface area contributed by atoms with E-state index in [0.717, 1.165) is 26.2 Å². The van der Waals surface area contributed by atoms with E-state index in [1.54, 1.807) is 12.1 Å². The van der Waals surface area contributed by atoms with Crippen LogP contribution in [0, 0.1) is 39.9 Å². The highest BCUT2D eigenvalue weighted by Gasteiger charge is 2.88. The number of benzene rings is 2. The summed E-state index contributed by atoms with van der Waals surface area (Å²) in [5, 5.41) is 2.77. The number of halogens is 5. The summed E-state index contributed by atoms with van der Waals surface area (Å²) in [6, 6.07) is 5.74. The Kier molecular flexibility index (Phi) is 5.26. The minimum atomic E-state index is -2.41. The van der Waals surface area contributed by atoms with Crippen LogP contribution in [-0.2, 0) is 9.59 Å². The van der Waals surface area contributed by atoms with Gasteiger partial charge in [-0.15, -0.1) is 0 Å². The SMILES string of the molecule is C[C@]1(C(=O)c2c(F)c(F)c(F)c(F)c2F)[C@H]2c3ccccc3OC(=O)[C@@]21C(=O)NC1CCCCC1. The zero-order valence-electron chi connectivity index (χ0n) is 18.5. The zero-order valence-corrected chi connectivity index (χ0v) is 18.5. The molecule has 0 unspecified atom stereocenters. The van der Waals surface area contributed by atoms with E-state index >= 15 is 0 Å². The second-order valence-corrected chi connectivity index (χ2v) is 9.45. The van der Waals surface area contributed by atoms with E-state index in [2.05, 4.69) is 5.32 Å². The smallest absolute Gasteiger partial charge is 0.328 e. The molecule has 1 amide bonds. The summed E-state index contributed by atoms with van der Waals surface area (Å²) in [4.78, 5) is 40.5. The standard InChI is InChI=1S/C25H20F5NO4/c1-24(21(32)14-15(26)17(28)19(30)18(29)16(14)27)20-12-9-5-6-10-13(12)35-23(34)25(20,24)22(33)31-11-7-3-2-4-8-11/h5-6,9-11,20H,2-4,7-8H2,1H3,(H,31,33)/t20-,24-,25+/m1/s1. The second-order valence-electron chi connectivity index (χ2n) is 9.45. The molecule has 2 aliphatic carbocycles. The Labute approximate surface area is 196 Å². The van der Waals surface area contributed by atoms with Gasteiger partial charge in [-0.25, -0.2) is 22.0 Å². The van der Waals surface area contributed by atoms with Gasteiger partial charge >= 0.3 is 5.97 Å². The molecule has 5 nitrogen and oxygen atoms in total. The molecular formula is C25H20F5NO4. The molecule has 10 heteroatoms. The molecule has 0 saturated heterocycles. The van der Waals surface area contributed by atoms with Crippen LogP contribution in [0.15, 0.2) is 24.3 Å². The van der Waals surface area contributed by atoms with Crippen molar-refractivity contribution in [3.63, 3.8) is 0 Å². The quantitative estimate of drug-likeness (QED) is 0.127. The molecule has 2 aromatic rings. The number of hydrogen-bond acceptors (Lipinski definition) is 4. The molecule has 0 aromatic heterocycles. The summed E-state index contributed by atoms with van der Waals surface area (Å²) in [5.74, 6) is -16.3. The predicted octanol–water partition coefficient (Wildman–Crippen LogP) is 4.72. The molecule has 0 bridgehead atoms. The van der Waals surface area contributed by atoms with Gasteiger partial charge in [-0.3, -0.25) is 14.4 Å². The fourth-order valence-corrected chi connectivity index (χ4v) is 5.87. The van der Waals surface area contributed by atoms with Gasteiger partial charge in [0.1, 0.15) is 5.75 Å². The van der Waals surface area contributed by atoms with Gasteiger partial charge in [-0.05, 0) is 25.8 Å². The Hall–Kier alpha value is -3.30. The number of esters is 1. The summed E-state index contributed by atoms with van der Waals surface area (Å²) in [5.41, 5.74) is -5.82. The molecule has 3 aliphatic rings. The van der Waals surface area contributed by atoms with E-state index in [-0.39, 0.29) is 17.4 Å². The maximum Gasteiger partial charge on any atom is 0.328 e. The molecule has 0 radical (unpaired) electrons. The van der Waals surface area contributed by atoms with E-state index < -0.39 is 69.1 Å². The van der Waals surface area contributed by atoms with Gasteiger partial charge in [-0.1, -0.05) is 37.5 Å².